The summed E-state index contributed by atoms with van der Waals surface area (Å²) < 4.78 is 26.6. The van der Waals surface area contributed by atoms with E-state index in [1.54, 1.807) is 12.1 Å². The molecule has 1 aliphatic rings. The molecule has 37 heavy (non-hydrogen) atoms. The van der Waals surface area contributed by atoms with Crippen molar-refractivity contribution < 1.29 is 23.5 Å². The molecule has 3 aromatic rings. The van der Waals surface area contributed by atoms with Crippen molar-refractivity contribution in [2.24, 2.45) is 0 Å². The van der Waals surface area contributed by atoms with E-state index in [2.05, 4.69) is 16.3 Å². The van der Waals surface area contributed by atoms with E-state index in [4.69, 9.17) is 23.2 Å². The monoisotopic (exact) mass is 544 g/mol. The summed E-state index contributed by atoms with van der Waals surface area (Å²) in [7, 11) is 0. The van der Waals surface area contributed by atoms with Crippen LogP contribution in [0.4, 0.5) is 8.78 Å². The van der Waals surface area contributed by atoms with Crippen LogP contribution in [-0.4, -0.2) is 41.0 Å². The molecule has 0 aliphatic carbocycles. The average Bonchev–Trinajstić information content (AvgIpc) is 2.87. The lowest BCUT2D eigenvalue weighted by Gasteiger charge is -2.26. The van der Waals surface area contributed by atoms with Crippen LogP contribution in [0.1, 0.15) is 33.5 Å². The van der Waals surface area contributed by atoms with Gasteiger partial charge in [0.2, 0.25) is 0 Å². The summed E-state index contributed by atoms with van der Waals surface area (Å²) >= 11 is 12.1. The first-order valence-electron chi connectivity index (χ1n) is 11.6. The topological polar surface area (TPSA) is 69.6 Å². The van der Waals surface area contributed by atoms with Gasteiger partial charge < -0.3 is 10.4 Å². The number of halogens is 4. The number of amides is 1. The molecule has 5 nitrogen and oxygen atoms in total. The summed E-state index contributed by atoms with van der Waals surface area (Å²) in [6.45, 7) is 1.97. The summed E-state index contributed by atoms with van der Waals surface area (Å²) in [5.74, 6) is -3.52. The van der Waals surface area contributed by atoms with Crippen molar-refractivity contribution >= 4 is 40.7 Å². The average molecular weight is 545 g/mol. The Morgan fingerprint density at radius 3 is 2.24 bits per heavy atom. The quantitative estimate of drug-likeness (QED) is 0.365. The molecule has 1 aliphatic heterocycles. The lowest BCUT2D eigenvalue weighted by Crippen LogP contribution is -2.42. The molecule has 192 valence electrons. The van der Waals surface area contributed by atoms with Gasteiger partial charge in [0.15, 0.2) is 11.6 Å². The Balaban J connectivity index is 1.37. The van der Waals surface area contributed by atoms with Gasteiger partial charge in [-0.3, -0.25) is 9.69 Å². The predicted molar refractivity (Wildman–Crippen MR) is 140 cm³/mol. The third-order valence-electron chi connectivity index (χ3n) is 6.24. The number of carboxylic acid groups (broad SMARTS) is 1. The van der Waals surface area contributed by atoms with Crippen molar-refractivity contribution in [2.45, 2.75) is 25.4 Å². The molecule has 0 unspecified atom stereocenters. The van der Waals surface area contributed by atoms with Crippen LogP contribution in [0.5, 0.6) is 0 Å². The van der Waals surface area contributed by atoms with Crippen LogP contribution in [0.3, 0.4) is 0 Å². The van der Waals surface area contributed by atoms with Gasteiger partial charge in [-0.1, -0.05) is 65.7 Å². The molecule has 1 atom stereocenters. The standard InChI is InChI=1S/C28H24Cl2F2N2O3/c29-21-2-1-3-22(30)26(21)27(35)33-25(28(36)37)15-17-4-7-19(8-5-17)20-10-12-34(13-11-20)16-18-6-9-23(31)24(32)14-18/h1-10,14,25H,11-13,15-16H2,(H,33,35)(H,36,37)/t25-/m0/s1. The first kappa shape index (κ1) is 26.8. The zero-order chi connectivity index (χ0) is 26.5. The second-order valence-electron chi connectivity index (χ2n) is 8.82. The molecule has 0 fully saturated rings. The van der Waals surface area contributed by atoms with Crippen molar-refractivity contribution in [1.82, 2.24) is 10.2 Å². The Labute approximate surface area is 223 Å². The molecule has 0 spiro atoms. The van der Waals surface area contributed by atoms with E-state index in [-0.39, 0.29) is 22.0 Å². The van der Waals surface area contributed by atoms with E-state index >= 15 is 0 Å². The van der Waals surface area contributed by atoms with Gasteiger partial charge in [0.25, 0.3) is 5.91 Å². The fourth-order valence-corrected chi connectivity index (χ4v) is 4.82. The molecule has 0 bridgehead atoms. The number of nitrogens with zero attached hydrogens (tertiary/aromatic N) is 1. The summed E-state index contributed by atoms with van der Waals surface area (Å²) in [5, 5.41) is 12.4. The summed E-state index contributed by atoms with van der Waals surface area (Å²) in [6, 6.07) is 15.0. The number of rotatable bonds is 8. The number of carbonyl (C=O) groups excluding carboxylic acids is 1. The highest BCUT2D eigenvalue weighted by molar-refractivity contribution is 6.39. The highest BCUT2D eigenvalue weighted by Gasteiger charge is 2.24. The van der Waals surface area contributed by atoms with Gasteiger partial charge in [0, 0.05) is 26.1 Å². The van der Waals surface area contributed by atoms with Gasteiger partial charge in [-0.25, -0.2) is 13.6 Å². The zero-order valence-corrected chi connectivity index (χ0v) is 21.2. The lowest BCUT2D eigenvalue weighted by molar-refractivity contribution is -0.139. The Hall–Kier alpha value is -3.26. The smallest absolute Gasteiger partial charge is 0.326 e. The molecule has 1 amide bonds. The number of carboxylic acids is 1. The maximum atomic E-state index is 13.5. The number of carbonyl (C=O) groups is 2. The number of hydrogen-bond donors (Lipinski definition) is 2. The molecular formula is C28H24Cl2F2N2O3. The summed E-state index contributed by atoms with van der Waals surface area (Å²) in [6.07, 6.45) is 2.98. The second-order valence-corrected chi connectivity index (χ2v) is 9.64. The van der Waals surface area contributed by atoms with Crippen LogP contribution in [0, 0.1) is 11.6 Å². The summed E-state index contributed by atoms with van der Waals surface area (Å²) in [5.41, 5.74) is 3.69. The molecule has 0 saturated carbocycles. The zero-order valence-electron chi connectivity index (χ0n) is 19.7. The van der Waals surface area contributed by atoms with Crippen molar-refractivity contribution in [3.8, 4) is 0 Å². The number of aliphatic carboxylic acids is 1. The Bertz CT molecular complexity index is 1330. The van der Waals surface area contributed by atoms with E-state index < -0.39 is 29.6 Å². The van der Waals surface area contributed by atoms with Gasteiger partial charge in [-0.05, 0) is 52.9 Å². The molecular weight excluding hydrogens is 521 g/mol. The largest absolute Gasteiger partial charge is 0.480 e. The van der Waals surface area contributed by atoms with E-state index in [1.165, 1.54) is 18.2 Å². The van der Waals surface area contributed by atoms with Crippen LogP contribution in [0.2, 0.25) is 10.0 Å². The van der Waals surface area contributed by atoms with Gasteiger partial charge >= 0.3 is 5.97 Å². The second kappa shape index (κ2) is 11.9. The maximum absolute atomic E-state index is 13.5. The molecule has 9 heteroatoms. The van der Waals surface area contributed by atoms with Crippen LogP contribution < -0.4 is 5.32 Å². The lowest BCUT2D eigenvalue weighted by atomic mass is 9.96. The van der Waals surface area contributed by atoms with Crippen LogP contribution in [0.15, 0.2) is 66.7 Å². The Kier molecular flexibility index (Phi) is 8.59. The highest BCUT2D eigenvalue weighted by Crippen LogP contribution is 2.26. The molecule has 2 N–H and O–H groups in total. The Morgan fingerprint density at radius 2 is 1.65 bits per heavy atom. The fourth-order valence-electron chi connectivity index (χ4n) is 4.25. The van der Waals surface area contributed by atoms with E-state index in [1.807, 2.05) is 24.3 Å². The van der Waals surface area contributed by atoms with E-state index in [0.717, 1.165) is 41.3 Å². The van der Waals surface area contributed by atoms with Crippen molar-refractivity contribution in [2.75, 3.05) is 13.1 Å². The minimum atomic E-state index is -1.17. The van der Waals surface area contributed by atoms with E-state index in [9.17, 15) is 23.5 Å². The predicted octanol–water partition coefficient (Wildman–Crippen LogP) is 5.99. The van der Waals surface area contributed by atoms with Crippen LogP contribution in [-0.2, 0) is 17.8 Å². The van der Waals surface area contributed by atoms with Crippen LogP contribution >= 0.6 is 23.2 Å². The normalized spacial score (nSPS) is 14.6. The number of benzene rings is 3. The minimum absolute atomic E-state index is 0.0373. The first-order chi connectivity index (χ1) is 17.7. The third kappa shape index (κ3) is 6.74. The van der Waals surface area contributed by atoms with Gasteiger partial charge in [-0.2, -0.15) is 0 Å². The number of hydrogen-bond acceptors (Lipinski definition) is 3. The SMILES string of the molecule is O=C(N[C@@H](Cc1ccc(C2=CCN(Cc3ccc(F)c(F)c3)CC2)cc1)C(=O)O)c1c(Cl)cccc1Cl. The highest BCUT2D eigenvalue weighted by atomic mass is 35.5. The molecule has 0 radical (unpaired) electrons. The van der Waals surface area contributed by atoms with E-state index in [0.29, 0.717) is 13.1 Å². The van der Waals surface area contributed by atoms with Gasteiger partial charge in [-0.15, -0.1) is 0 Å². The van der Waals surface area contributed by atoms with Gasteiger partial charge in [0.05, 0.1) is 15.6 Å². The minimum Gasteiger partial charge on any atom is -0.480 e. The van der Waals surface area contributed by atoms with Crippen LogP contribution in [0.25, 0.3) is 5.57 Å². The third-order valence-corrected chi connectivity index (χ3v) is 6.87. The summed E-state index contributed by atoms with van der Waals surface area (Å²) in [4.78, 5) is 26.6. The first-order valence-corrected chi connectivity index (χ1v) is 12.4. The molecule has 4 rings (SSSR count). The molecule has 0 saturated heterocycles. The van der Waals surface area contributed by atoms with Crippen molar-refractivity contribution in [3.63, 3.8) is 0 Å². The van der Waals surface area contributed by atoms with Crippen molar-refractivity contribution in [1.29, 1.82) is 0 Å². The number of nitrogens with one attached hydrogen (secondary N) is 1. The van der Waals surface area contributed by atoms with Crippen molar-refractivity contribution in [3.05, 3.63) is 111 Å². The molecule has 0 aromatic heterocycles. The maximum Gasteiger partial charge on any atom is 0.326 e. The van der Waals surface area contributed by atoms with Gasteiger partial charge in [0.1, 0.15) is 6.04 Å². The molecule has 1 heterocycles. The Morgan fingerprint density at radius 1 is 0.973 bits per heavy atom. The fraction of sp³-hybridized carbons (Fsp3) is 0.214. The molecule has 3 aromatic carbocycles.